The molecule has 1 fully saturated rings. The summed E-state index contributed by atoms with van der Waals surface area (Å²) in [5.41, 5.74) is 5.06. The highest BCUT2D eigenvalue weighted by Crippen LogP contribution is 2.54. The van der Waals surface area contributed by atoms with Crippen LogP contribution in [0.25, 0.3) is 0 Å². The van der Waals surface area contributed by atoms with Crippen molar-refractivity contribution >= 4 is 0 Å². The lowest BCUT2D eigenvalue weighted by molar-refractivity contribution is 0.256. The average molecular weight is 509 g/mol. The van der Waals surface area contributed by atoms with E-state index in [0.29, 0.717) is 0 Å². The van der Waals surface area contributed by atoms with Crippen molar-refractivity contribution in [3.8, 4) is 23.0 Å². The number of hydrogen-bond donors (Lipinski definition) is 0. The highest BCUT2D eigenvalue weighted by molar-refractivity contribution is 5.49. The number of hydrogen-bond acceptors (Lipinski definition) is 4. The van der Waals surface area contributed by atoms with Crippen molar-refractivity contribution in [2.45, 2.75) is 36.5 Å². The van der Waals surface area contributed by atoms with E-state index in [1.807, 2.05) is 0 Å². The highest BCUT2D eigenvalue weighted by atomic mass is 16.5. The van der Waals surface area contributed by atoms with E-state index in [1.165, 1.54) is 22.3 Å². The summed E-state index contributed by atoms with van der Waals surface area (Å²) in [5, 5.41) is 0. The van der Waals surface area contributed by atoms with Gasteiger partial charge >= 0.3 is 0 Å². The van der Waals surface area contributed by atoms with Crippen LogP contribution in [-0.2, 0) is 10.8 Å². The Hall–Kier alpha value is -3.92. The summed E-state index contributed by atoms with van der Waals surface area (Å²) in [6.45, 7) is 0. The van der Waals surface area contributed by atoms with Crippen molar-refractivity contribution in [3.05, 3.63) is 119 Å². The van der Waals surface area contributed by atoms with Gasteiger partial charge in [-0.1, -0.05) is 48.5 Å². The number of ether oxygens (including phenoxy) is 4. The quantitative estimate of drug-likeness (QED) is 0.246. The van der Waals surface area contributed by atoms with Crippen LogP contribution in [0.4, 0.5) is 0 Å². The molecule has 38 heavy (non-hydrogen) atoms. The fourth-order valence-electron chi connectivity index (χ4n) is 6.23. The van der Waals surface area contributed by atoms with E-state index >= 15 is 0 Å². The van der Waals surface area contributed by atoms with Crippen molar-refractivity contribution in [2.75, 3.05) is 28.4 Å². The molecule has 1 saturated carbocycles. The molecule has 4 heteroatoms. The summed E-state index contributed by atoms with van der Waals surface area (Å²) < 4.78 is 21.9. The molecule has 0 saturated heterocycles. The average Bonchev–Trinajstić information content (AvgIpc) is 3.01. The maximum absolute atomic E-state index is 5.47. The first-order valence-corrected chi connectivity index (χ1v) is 13.1. The lowest BCUT2D eigenvalue weighted by atomic mass is 9.55. The van der Waals surface area contributed by atoms with Crippen LogP contribution in [0.15, 0.2) is 97.1 Å². The molecule has 0 atom stereocenters. The molecule has 4 nitrogen and oxygen atoms in total. The van der Waals surface area contributed by atoms with Gasteiger partial charge in [-0.3, -0.25) is 0 Å². The number of rotatable bonds is 8. The third kappa shape index (κ3) is 4.60. The molecule has 0 aromatic heterocycles. The van der Waals surface area contributed by atoms with Crippen LogP contribution in [0.1, 0.15) is 47.9 Å². The van der Waals surface area contributed by atoms with Crippen molar-refractivity contribution in [2.24, 2.45) is 0 Å². The van der Waals surface area contributed by atoms with Crippen molar-refractivity contribution in [3.63, 3.8) is 0 Å². The van der Waals surface area contributed by atoms with Gasteiger partial charge in [-0.2, -0.15) is 0 Å². The van der Waals surface area contributed by atoms with Crippen LogP contribution in [0, 0.1) is 0 Å². The number of methoxy groups -OCH3 is 4. The Labute approximate surface area is 226 Å². The van der Waals surface area contributed by atoms with Gasteiger partial charge in [-0.15, -0.1) is 0 Å². The molecule has 0 spiro atoms. The van der Waals surface area contributed by atoms with E-state index in [4.69, 9.17) is 18.9 Å². The summed E-state index contributed by atoms with van der Waals surface area (Å²) in [5.74, 6) is 3.50. The van der Waals surface area contributed by atoms with Gasteiger partial charge in [0.1, 0.15) is 23.0 Å². The van der Waals surface area contributed by atoms with Crippen LogP contribution in [-0.4, -0.2) is 28.4 Å². The second-order valence-electron chi connectivity index (χ2n) is 10.1. The Morgan fingerprint density at radius 2 is 0.526 bits per heavy atom. The minimum absolute atomic E-state index is 0.110. The van der Waals surface area contributed by atoms with E-state index in [-0.39, 0.29) is 10.8 Å². The maximum atomic E-state index is 5.47. The predicted molar refractivity (Wildman–Crippen MR) is 152 cm³/mol. The van der Waals surface area contributed by atoms with Crippen LogP contribution >= 0.6 is 0 Å². The summed E-state index contributed by atoms with van der Waals surface area (Å²) in [6, 6.07) is 34.5. The zero-order valence-electron chi connectivity index (χ0n) is 22.7. The van der Waals surface area contributed by atoms with Gasteiger partial charge in [0, 0.05) is 10.8 Å². The molecule has 5 rings (SSSR count). The van der Waals surface area contributed by atoms with Crippen LogP contribution in [0.3, 0.4) is 0 Å². The largest absolute Gasteiger partial charge is 0.497 e. The Morgan fingerprint density at radius 1 is 0.342 bits per heavy atom. The van der Waals surface area contributed by atoms with Crippen molar-refractivity contribution < 1.29 is 18.9 Å². The van der Waals surface area contributed by atoms with E-state index in [1.54, 1.807) is 28.4 Å². The molecule has 0 N–H and O–H groups in total. The molecule has 0 heterocycles. The molecule has 1 aliphatic carbocycles. The van der Waals surface area contributed by atoms with E-state index in [0.717, 1.165) is 48.7 Å². The minimum Gasteiger partial charge on any atom is -0.497 e. The lowest BCUT2D eigenvalue weighted by Crippen LogP contribution is -2.41. The summed E-state index contributed by atoms with van der Waals surface area (Å²) in [4.78, 5) is 0. The van der Waals surface area contributed by atoms with Gasteiger partial charge in [-0.25, -0.2) is 0 Å². The van der Waals surface area contributed by atoms with E-state index in [9.17, 15) is 0 Å². The first-order valence-electron chi connectivity index (χ1n) is 13.1. The molecule has 0 radical (unpaired) electrons. The molecule has 1 aliphatic rings. The van der Waals surface area contributed by atoms with Crippen LogP contribution < -0.4 is 18.9 Å². The van der Waals surface area contributed by atoms with Gasteiger partial charge in [0.05, 0.1) is 28.4 Å². The fourth-order valence-corrected chi connectivity index (χ4v) is 6.23. The maximum Gasteiger partial charge on any atom is 0.118 e. The Kier molecular flexibility index (Phi) is 7.33. The molecule has 0 unspecified atom stereocenters. The smallest absolute Gasteiger partial charge is 0.118 e. The third-order valence-corrected chi connectivity index (χ3v) is 8.53. The minimum atomic E-state index is -0.110. The second-order valence-corrected chi connectivity index (χ2v) is 10.1. The standard InChI is InChI=1S/C34H36O4/c1-35-29-13-5-25(6-14-29)33(26-7-15-30(36-2)16-8-26)21-23-34(24-22-33,27-9-17-31(37-3)18-10-27)28-11-19-32(38-4)20-12-28/h5-20H,21-24H2,1-4H3. The Morgan fingerprint density at radius 3 is 0.684 bits per heavy atom. The lowest BCUT2D eigenvalue weighted by Gasteiger charge is -2.48. The van der Waals surface area contributed by atoms with Gasteiger partial charge < -0.3 is 18.9 Å². The molecule has 0 bridgehead atoms. The van der Waals surface area contributed by atoms with Crippen LogP contribution in [0.2, 0.25) is 0 Å². The monoisotopic (exact) mass is 508 g/mol. The molecular formula is C34H36O4. The molecule has 4 aromatic carbocycles. The predicted octanol–water partition coefficient (Wildman–Crippen LogP) is 7.57. The molecule has 0 amide bonds. The first-order chi connectivity index (χ1) is 18.6. The first kappa shape index (κ1) is 25.7. The Balaban J connectivity index is 1.59. The second kappa shape index (κ2) is 10.8. The Bertz CT molecular complexity index is 1110. The topological polar surface area (TPSA) is 36.9 Å². The molecule has 196 valence electrons. The van der Waals surface area contributed by atoms with Gasteiger partial charge in [-0.05, 0) is 96.5 Å². The highest BCUT2D eigenvalue weighted by Gasteiger charge is 2.46. The van der Waals surface area contributed by atoms with E-state index in [2.05, 4.69) is 97.1 Å². The van der Waals surface area contributed by atoms with Gasteiger partial charge in [0.2, 0.25) is 0 Å². The van der Waals surface area contributed by atoms with Crippen molar-refractivity contribution in [1.29, 1.82) is 0 Å². The normalized spacial score (nSPS) is 15.9. The van der Waals surface area contributed by atoms with Gasteiger partial charge in [0.15, 0.2) is 0 Å². The third-order valence-electron chi connectivity index (χ3n) is 8.53. The summed E-state index contributed by atoms with van der Waals surface area (Å²) in [6.07, 6.45) is 4.01. The summed E-state index contributed by atoms with van der Waals surface area (Å²) in [7, 11) is 6.86. The summed E-state index contributed by atoms with van der Waals surface area (Å²) >= 11 is 0. The van der Waals surface area contributed by atoms with Crippen LogP contribution in [0.5, 0.6) is 23.0 Å². The van der Waals surface area contributed by atoms with Crippen molar-refractivity contribution in [1.82, 2.24) is 0 Å². The SMILES string of the molecule is COc1ccc(C2(c3ccc(OC)cc3)CCC(c3ccc(OC)cc3)(c3ccc(OC)cc3)CC2)cc1. The molecular weight excluding hydrogens is 472 g/mol. The zero-order valence-corrected chi connectivity index (χ0v) is 22.7. The van der Waals surface area contributed by atoms with E-state index < -0.39 is 0 Å². The zero-order chi connectivity index (χ0) is 26.6. The number of benzene rings is 4. The van der Waals surface area contributed by atoms with Gasteiger partial charge in [0.25, 0.3) is 0 Å². The molecule has 4 aromatic rings. The fraction of sp³-hybridized carbons (Fsp3) is 0.294. The molecule has 0 aliphatic heterocycles.